The van der Waals surface area contributed by atoms with Gasteiger partial charge in [0.05, 0.1) is 6.61 Å². The third-order valence-corrected chi connectivity index (χ3v) is 4.01. The summed E-state index contributed by atoms with van der Waals surface area (Å²) in [5.41, 5.74) is 0.179. The van der Waals surface area contributed by atoms with E-state index in [0.29, 0.717) is 13.0 Å². The standard InChI is InChI=1S/C17H28N2O2/c1-5-19(6-2)14-13-17(18-4,16(20)21-7-3)15-11-9-8-10-12-15/h8-12,18H,5-7,13-14H2,1-4H3. The van der Waals surface area contributed by atoms with E-state index in [1.54, 1.807) is 0 Å². The highest BCUT2D eigenvalue weighted by molar-refractivity contribution is 5.82. The number of carbonyl (C=O) groups is 1. The van der Waals surface area contributed by atoms with E-state index in [2.05, 4.69) is 24.1 Å². The van der Waals surface area contributed by atoms with E-state index in [-0.39, 0.29) is 5.97 Å². The van der Waals surface area contributed by atoms with Crippen molar-refractivity contribution in [2.45, 2.75) is 32.7 Å². The number of ether oxygens (including phenoxy) is 1. The SMILES string of the molecule is CCOC(=O)C(CCN(CC)CC)(NC)c1ccccc1. The molecule has 4 heteroatoms. The molecule has 1 aromatic carbocycles. The van der Waals surface area contributed by atoms with Gasteiger partial charge in [-0.05, 0) is 39.0 Å². The second kappa shape index (κ2) is 8.80. The van der Waals surface area contributed by atoms with E-state index >= 15 is 0 Å². The van der Waals surface area contributed by atoms with Crippen LogP contribution in [0, 0.1) is 0 Å². The van der Waals surface area contributed by atoms with Gasteiger partial charge in [0.1, 0.15) is 5.54 Å². The highest BCUT2D eigenvalue weighted by Crippen LogP contribution is 2.27. The lowest BCUT2D eigenvalue weighted by Gasteiger charge is -2.33. The lowest BCUT2D eigenvalue weighted by molar-refractivity contribution is -0.152. The number of carbonyl (C=O) groups excluding carboxylic acids is 1. The molecule has 0 aliphatic rings. The summed E-state index contributed by atoms with van der Waals surface area (Å²) in [6.45, 7) is 9.31. The summed E-state index contributed by atoms with van der Waals surface area (Å²) in [4.78, 5) is 14.9. The third-order valence-electron chi connectivity index (χ3n) is 4.01. The molecule has 1 aromatic rings. The summed E-state index contributed by atoms with van der Waals surface area (Å²) in [6.07, 6.45) is 0.689. The first-order valence-corrected chi connectivity index (χ1v) is 7.78. The monoisotopic (exact) mass is 292 g/mol. The Morgan fingerprint density at radius 1 is 1.19 bits per heavy atom. The first kappa shape index (κ1) is 17.7. The Bertz CT molecular complexity index is 418. The Kier molecular flexibility index (Phi) is 7.40. The summed E-state index contributed by atoms with van der Waals surface area (Å²) in [5.74, 6) is -0.203. The molecule has 0 aliphatic heterocycles. The fourth-order valence-electron chi connectivity index (χ4n) is 2.58. The summed E-state index contributed by atoms with van der Waals surface area (Å²) < 4.78 is 5.33. The molecule has 0 saturated heterocycles. The van der Waals surface area contributed by atoms with Crippen molar-refractivity contribution in [1.82, 2.24) is 10.2 Å². The molecule has 118 valence electrons. The van der Waals surface area contributed by atoms with Crippen molar-refractivity contribution in [3.63, 3.8) is 0 Å². The minimum Gasteiger partial charge on any atom is -0.464 e. The summed E-state index contributed by atoms with van der Waals surface area (Å²) in [7, 11) is 1.83. The number of likely N-dealkylation sites (N-methyl/N-ethyl adjacent to an activating group) is 1. The Balaban J connectivity index is 3.05. The van der Waals surface area contributed by atoms with Gasteiger partial charge in [-0.3, -0.25) is 0 Å². The van der Waals surface area contributed by atoms with Crippen LogP contribution in [0.15, 0.2) is 30.3 Å². The summed E-state index contributed by atoms with van der Waals surface area (Å²) in [5, 5.41) is 3.22. The second-order valence-corrected chi connectivity index (χ2v) is 5.02. The molecule has 1 unspecified atom stereocenters. The molecule has 0 spiro atoms. The van der Waals surface area contributed by atoms with E-state index in [1.165, 1.54) is 0 Å². The molecule has 1 atom stereocenters. The number of hydrogen-bond donors (Lipinski definition) is 1. The zero-order chi connectivity index (χ0) is 15.7. The Morgan fingerprint density at radius 3 is 2.29 bits per heavy atom. The minimum atomic E-state index is -0.778. The van der Waals surface area contributed by atoms with Crippen molar-refractivity contribution >= 4 is 5.97 Å². The first-order chi connectivity index (χ1) is 10.1. The number of nitrogens with zero attached hydrogens (tertiary/aromatic N) is 1. The van der Waals surface area contributed by atoms with E-state index in [9.17, 15) is 4.79 Å². The van der Waals surface area contributed by atoms with Crippen LogP contribution < -0.4 is 5.32 Å². The van der Waals surface area contributed by atoms with Crippen molar-refractivity contribution in [1.29, 1.82) is 0 Å². The molecule has 0 bridgehead atoms. The molecule has 4 nitrogen and oxygen atoms in total. The van der Waals surface area contributed by atoms with E-state index in [4.69, 9.17) is 4.74 Å². The Hall–Kier alpha value is -1.39. The predicted octanol–water partition coefficient (Wildman–Crippen LogP) is 2.40. The van der Waals surface area contributed by atoms with Crippen molar-refractivity contribution in [2.75, 3.05) is 33.3 Å². The molecule has 1 rings (SSSR count). The quantitative estimate of drug-likeness (QED) is 0.710. The lowest BCUT2D eigenvalue weighted by atomic mass is 9.86. The topological polar surface area (TPSA) is 41.6 Å². The second-order valence-electron chi connectivity index (χ2n) is 5.02. The van der Waals surface area contributed by atoms with Crippen molar-refractivity contribution in [2.24, 2.45) is 0 Å². The molecule has 1 N–H and O–H groups in total. The number of esters is 1. The van der Waals surface area contributed by atoms with Gasteiger partial charge in [0.15, 0.2) is 0 Å². The van der Waals surface area contributed by atoms with Gasteiger partial charge in [-0.15, -0.1) is 0 Å². The Labute approximate surface area is 128 Å². The average Bonchev–Trinajstić information content (AvgIpc) is 2.53. The van der Waals surface area contributed by atoms with Crippen LogP contribution in [0.3, 0.4) is 0 Å². The van der Waals surface area contributed by atoms with Crippen LogP contribution in [0.1, 0.15) is 32.8 Å². The molecule has 0 fully saturated rings. The summed E-state index contributed by atoms with van der Waals surface area (Å²) >= 11 is 0. The molecular weight excluding hydrogens is 264 g/mol. The molecule has 0 amide bonds. The smallest absolute Gasteiger partial charge is 0.331 e. The van der Waals surface area contributed by atoms with E-state index in [1.807, 2.05) is 44.3 Å². The van der Waals surface area contributed by atoms with E-state index in [0.717, 1.165) is 25.2 Å². The molecule has 0 radical (unpaired) electrons. The summed E-state index contributed by atoms with van der Waals surface area (Å²) in [6, 6.07) is 9.83. The third kappa shape index (κ3) is 4.29. The van der Waals surface area contributed by atoms with E-state index < -0.39 is 5.54 Å². The van der Waals surface area contributed by atoms with Gasteiger partial charge in [-0.2, -0.15) is 0 Å². The zero-order valence-electron chi connectivity index (χ0n) is 13.7. The van der Waals surface area contributed by atoms with Crippen LogP contribution >= 0.6 is 0 Å². The molecule has 0 aromatic heterocycles. The highest BCUT2D eigenvalue weighted by Gasteiger charge is 2.40. The maximum absolute atomic E-state index is 12.6. The highest BCUT2D eigenvalue weighted by atomic mass is 16.5. The number of benzene rings is 1. The van der Waals surface area contributed by atoms with Gasteiger partial charge < -0.3 is 15.0 Å². The van der Waals surface area contributed by atoms with Crippen molar-refractivity contribution in [3.05, 3.63) is 35.9 Å². The molecule has 0 saturated carbocycles. The van der Waals surface area contributed by atoms with Crippen LogP contribution in [0.4, 0.5) is 0 Å². The van der Waals surface area contributed by atoms with Gasteiger partial charge in [0, 0.05) is 6.54 Å². The number of rotatable bonds is 9. The number of hydrogen-bond acceptors (Lipinski definition) is 4. The first-order valence-electron chi connectivity index (χ1n) is 7.78. The maximum Gasteiger partial charge on any atom is 0.331 e. The van der Waals surface area contributed by atoms with Crippen LogP contribution in [-0.4, -0.2) is 44.2 Å². The molecule has 21 heavy (non-hydrogen) atoms. The van der Waals surface area contributed by atoms with Crippen LogP contribution in [0.5, 0.6) is 0 Å². The van der Waals surface area contributed by atoms with Gasteiger partial charge in [-0.1, -0.05) is 44.2 Å². The molecule has 0 heterocycles. The number of nitrogens with one attached hydrogen (secondary N) is 1. The Morgan fingerprint density at radius 2 is 1.81 bits per heavy atom. The predicted molar refractivity (Wildman–Crippen MR) is 86.2 cm³/mol. The lowest BCUT2D eigenvalue weighted by Crippen LogP contribution is -2.50. The van der Waals surface area contributed by atoms with Crippen LogP contribution in [0.2, 0.25) is 0 Å². The minimum absolute atomic E-state index is 0.203. The largest absolute Gasteiger partial charge is 0.464 e. The van der Waals surface area contributed by atoms with Crippen LogP contribution in [0.25, 0.3) is 0 Å². The normalized spacial score (nSPS) is 14.0. The van der Waals surface area contributed by atoms with Gasteiger partial charge in [0.2, 0.25) is 0 Å². The van der Waals surface area contributed by atoms with Gasteiger partial charge in [-0.25, -0.2) is 4.79 Å². The maximum atomic E-state index is 12.6. The van der Waals surface area contributed by atoms with Crippen LogP contribution in [-0.2, 0) is 15.1 Å². The fourth-order valence-corrected chi connectivity index (χ4v) is 2.58. The molecular formula is C17H28N2O2. The van der Waals surface area contributed by atoms with Crippen molar-refractivity contribution in [3.8, 4) is 0 Å². The van der Waals surface area contributed by atoms with Crippen molar-refractivity contribution < 1.29 is 9.53 Å². The fraction of sp³-hybridized carbons (Fsp3) is 0.588. The van der Waals surface area contributed by atoms with Gasteiger partial charge >= 0.3 is 5.97 Å². The molecule has 0 aliphatic carbocycles. The zero-order valence-corrected chi connectivity index (χ0v) is 13.7. The van der Waals surface area contributed by atoms with Gasteiger partial charge in [0.25, 0.3) is 0 Å². The average molecular weight is 292 g/mol.